The molecular weight excluding hydrogens is 925 g/mol. The van der Waals surface area contributed by atoms with Gasteiger partial charge in [-0.2, -0.15) is 0 Å². The lowest BCUT2D eigenvalue weighted by Gasteiger charge is -2.30. The normalized spacial score (nSPS) is 15.7. The summed E-state index contributed by atoms with van der Waals surface area (Å²) >= 11 is 8.65. The number of anilines is 5. The predicted octanol–water partition coefficient (Wildman–Crippen LogP) is 11.2. The van der Waals surface area contributed by atoms with Crippen LogP contribution in [0, 0.1) is 47.9 Å². The van der Waals surface area contributed by atoms with Crippen molar-refractivity contribution in [2.75, 3.05) is 52.3 Å². The molecule has 4 aromatic rings. The molecule has 3 amide bonds. The standard InChI is InChI=1S/C12H14N2O3.C12H16N2O.C12H16N2S.C7H6BrNO2.C5H9NO.CH4.H2/c1-9-8-10(14(16)17)5-6-11(9)13-7-3-2-4-12(13)15;2*1-9-8-10(13)5-6-11(9)14-7-3-2-4-12(14)15;1-5-4-6(9(10)11)2-3-7(5)8;7-5-3-1-2-4-6-5;;/h5-6,8H,2-4,7H2,1H3;2*5-6,8H,2-4,7,13H2,1H3;2-4H,1H3;1-4H2,(H,6,7);1H4;1H. The first-order valence-electron chi connectivity index (χ1n) is 22.0. The third-order valence-electron chi connectivity index (χ3n) is 11.2. The quantitative estimate of drug-likeness (QED) is 0.0741. The molecule has 8 rings (SSSR count). The lowest BCUT2D eigenvalue weighted by atomic mass is 10.1. The van der Waals surface area contributed by atoms with Crippen LogP contribution in [-0.2, 0) is 14.4 Å². The number of nitro groups is 2. The maximum absolute atomic E-state index is 11.8. The fraction of sp³-hybridized carbons (Fsp3) is 0.429. The summed E-state index contributed by atoms with van der Waals surface area (Å²) in [7, 11) is 0. The molecule has 0 aromatic heterocycles. The highest BCUT2D eigenvalue weighted by Crippen LogP contribution is 2.29. The summed E-state index contributed by atoms with van der Waals surface area (Å²) in [5.41, 5.74) is 20.1. The summed E-state index contributed by atoms with van der Waals surface area (Å²) in [6, 6.07) is 21.0. The molecule has 4 aromatic carbocycles. The summed E-state index contributed by atoms with van der Waals surface area (Å²) in [6.07, 6.45) is 11.7. The van der Waals surface area contributed by atoms with Crippen LogP contribution < -0.4 is 31.5 Å². The van der Waals surface area contributed by atoms with Gasteiger partial charge in [0, 0.05) is 104 Å². The highest BCUT2D eigenvalue weighted by Gasteiger charge is 2.23. The molecule has 17 heteroatoms. The van der Waals surface area contributed by atoms with Gasteiger partial charge >= 0.3 is 0 Å². The molecule has 0 saturated carbocycles. The fourth-order valence-corrected chi connectivity index (χ4v) is 8.25. The number of hydrogen-bond donors (Lipinski definition) is 3. The van der Waals surface area contributed by atoms with Gasteiger partial charge in [0.2, 0.25) is 17.7 Å². The van der Waals surface area contributed by atoms with E-state index in [4.69, 9.17) is 23.7 Å². The Hall–Kier alpha value is -5.94. The van der Waals surface area contributed by atoms with Crippen LogP contribution in [0.15, 0.2) is 77.3 Å². The number of piperidine rings is 4. The largest absolute Gasteiger partial charge is 0.399 e. The molecule has 0 spiro atoms. The van der Waals surface area contributed by atoms with Gasteiger partial charge in [-0.25, -0.2) is 0 Å². The minimum Gasteiger partial charge on any atom is -0.399 e. The van der Waals surface area contributed by atoms with Gasteiger partial charge in [-0.15, -0.1) is 0 Å². The zero-order valence-electron chi connectivity index (χ0n) is 37.8. The van der Waals surface area contributed by atoms with Crippen LogP contribution in [0.3, 0.4) is 0 Å². The number of carbonyl (C=O) groups is 3. The second-order valence-electron chi connectivity index (χ2n) is 16.3. The first-order valence-corrected chi connectivity index (χ1v) is 23.2. The highest BCUT2D eigenvalue weighted by atomic mass is 79.9. The van der Waals surface area contributed by atoms with Crippen LogP contribution in [-0.4, -0.2) is 58.7 Å². The van der Waals surface area contributed by atoms with Gasteiger partial charge in [0.25, 0.3) is 11.4 Å². The SMILES string of the molecule is C.Cc1cc(N)ccc1N1CCCCC1=O.Cc1cc(N)ccc1N1CCCCC1=S.Cc1cc([N+](=O)[O-])ccc1Br.Cc1cc([N+](=O)[O-])ccc1N1CCCCC1=O.O=C1CCCCN1.[HH]. The van der Waals surface area contributed by atoms with Crippen molar-refractivity contribution in [2.45, 2.75) is 112 Å². The molecule has 15 nitrogen and oxygen atoms in total. The van der Waals surface area contributed by atoms with Crippen LogP contribution in [0.4, 0.5) is 39.8 Å². The molecule has 66 heavy (non-hydrogen) atoms. The molecule has 358 valence electrons. The van der Waals surface area contributed by atoms with Gasteiger partial charge < -0.3 is 31.5 Å². The fourth-order valence-electron chi connectivity index (χ4n) is 7.67. The number of rotatable bonds is 5. The van der Waals surface area contributed by atoms with Crippen molar-refractivity contribution in [1.29, 1.82) is 0 Å². The summed E-state index contributed by atoms with van der Waals surface area (Å²) in [4.78, 5) is 60.8. The second kappa shape index (κ2) is 26.9. The van der Waals surface area contributed by atoms with E-state index in [0.717, 1.165) is 120 Å². The Morgan fingerprint density at radius 2 is 0.985 bits per heavy atom. The van der Waals surface area contributed by atoms with Crippen LogP contribution in [0.5, 0.6) is 0 Å². The molecule has 0 atom stereocenters. The van der Waals surface area contributed by atoms with Crippen molar-refractivity contribution < 1.29 is 25.7 Å². The van der Waals surface area contributed by atoms with Crippen molar-refractivity contribution in [1.82, 2.24) is 5.32 Å². The molecule has 0 bridgehead atoms. The maximum atomic E-state index is 11.8. The Labute approximate surface area is 404 Å². The molecule has 0 aliphatic carbocycles. The number of carbonyl (C=O) groups excluding carboxylic acids is 3. The summed E-state index contributed by atoms with van der Waals surface area (Å²) in [6.45, 7) is 11.2. The van der Waals surface area contributed by atoms with Gasteiger partial charge in [-0.1, -0.05) is 35.6 Å². The van der Waals surface area contributed by atoms with E-state index < -0.39 is 9.85 Å². The third-order valence-corrected chi connectivity index (χ3v) is 12.5. The Morgan fingerprint density at radius 1 is 0.576 bits per heavy atom. The number of nitrogen functional groups attached to an aromatic ring is 2. The monoisotopic (exact) mass is 990 g/mol. The van der Waals surface area contributed by atoms with Gasteiger partial charge in [-0.3, -0.25) is 34.6 Å². The maximum Gasteiger partial charge on any atom is 0.269 e. The van der Waals surface area contributed by atoms with E-state index in [1.165, 1.54) is 48.4 Å². The van der Waals surface area contributed by atoms with Crippen molar-refractivity contribution in [3.05, 3.63) is 120 Å². The summed E-state index contributed by atoms with van der Waals surface area (Å²) < 4.78 is 0.892. The molecule has 5 N–H and O–H groups in total. The number of non-ortho nitro benzene ring substituents is 2. The zero-order valence-corrected chi connectivity index (χ0v) is 40.2. The van der Waals surface area contributed by atoms with Crippen molar-refractivity contribution in [2.24, 2.45) is 0 Å². The second-order valence-corrected chi connectivity index (χ2v) is 17.7. The van der Waals surface area contributed by atoms with Gasteiger partial charge in [0.05, 0.1) is 14.8 Å². The van der Waals surface area contributed by atoms with E-state index >= 15 is 0 Å². The highest BCUT2D eigenvalue weighted by molar-refractivity contribution is 9.10. The first kappa shape index (κ1) is 54.4. The minimum atomic E-state index is -0.422. The number of halogens is 1. The molecular formula is C49H67BrN8O7S. The van der Waals surface area contributed by atoms with E-state index in [1.54, 1.807) is 24.0 Å². The van der Waals surface area contributed by atoms with Gasteiger partial charge in [0.1, 0.15) is 0 Å². The molecule has 4 heterocycles. The van der Waals surface area contributed by atoms with Crippen molar-refractivity contribution in [3.63, 3.8) is 0 Å². The number of nitrogens with one attached hydrogen (secondary N) is 1. The molecule has 4 saturated heterocycles. The number of nitrogens with two attached hydrogens (primary N) is 2. The van der Waals surface area contributed by atoms with Crippen LogP contribution >= 0.6 is 28.1 Å². The van der Waals surface area contributed by atoms with E-state index in [-0.39, 0.29) is 37.9 Å². The zero-order chi connectivity index (χ0) is 47.6. The van der Waals surface area contributed by atoms with Crippen LogP contribution in [0.2, 0.25) is 0 Å². The van der Waals surface area contributed by atoms with Crippen molar-refractivity contribution >= 4 is 90.7 Å². The number of thiocarbonyl (C=S) groups is 1. The van der Waals surface area contributed by atoms with E-state index in [1.807, 2.05) is 49.1 Å². The van der Waals surface area contributed by atoms with Gasteiger partial charge in [0.15, 0.2) is 0 Å². The molecule has 0 unspecified atom stereocenters. The average molecular weight is 992 g/mol. The van der Waals surface area contributed by atoms with E-state index in [2.05, 4.69) is 39.1 Å². The van der Waals surface area contributed by atoms with E-state index in [9.17, 15) is 34.6 Å². The number of amides is 3. The lowest BCUT2D eigenvalue weighted by molar-refractivity contribution is -0.385. The molecule has 4 aliphatic heterocycles. The molecule has 0 radical (unpaired) electrons. The van der Waals surface area contributed by atoms with Crippen LogP contribution in [0.25, 0.3) is 0 Å². The Morgan fingerprint density at radius 3 is 1.36 bits per heavy atom. The topological polar surface area (TPSA) is 211 Å². The minimum absolute atomic E-state index is 0. The Bertz CT molecular complexity index is 2270. The number of nitrogens with zero attached hydrogens (tertiary/aromatic N) is 5. The Balaban J connectivity index is 0.000000292. The number of benzene rings is 4. The Kier molecular flexibility index (Phi) is 22.2. The van der Waals surface area contributed by atoms with Gasteiger partial charge in [-0.05, 0) is 156 Å². The van der Waals surface area contributed by atoms with Crippen molar-refractivity contribution in [3.8, 4) is 0 Å². The molecule has 4 fully saturated rings. The number of aryl methyl sites for hydroxylation is 4. The van der Waals surface area contributed by atoms with Crippen LogP contribution in [0.1, 0.15) is 108 Å². The summed E-state index contributed by atoms with van der Waals surface area (Å²) in [5, 5.41) is 23.6. The molecule has 4 aliphatic rings. The average Bonchev–Trinajstić information content (AvgIpc) is 3.27. The smallest absolute Gasteiger partial charge is 0.269 e. The lowest BCUT2D eigenvalue weighted by Crippen LogP contribution is -2.35. The first-order chi connectivity index (χ1) is 31.0. The summed E-state index contributed by atoms with van der Waals surface area (Å²) in [5.74, 6) is 0.550. The third kappa shape index (κ3) is 16.5. The number of nitro benzene ring substituents is 2. The predicted molar refractivity (Wildman–Crippen MR) is 276 cm³/mol. The van der Waals surface area contributed by atoms with E-state index in [0.29, 0.717) is 19.4 Å². The number of hydrogen-bond acceptors (Lipinski definition) is 10.